The van der Waals surface area contributed by atoms with Gasteiger partial charge in [-0.05, 0) is 96.3 Å². The fourth-order valence-corrected chi connectivity index (χ4v) is 3.95. The van der Waals surface area contributed by atoms with Crippen molar-refractivity contribution in [1.82, 2.24) is 4.90 Å². The molecule has 0 spiro atoms. The molecule has 0 atom stereocenters. The lowest BCUT2D eigenvalue weighted by Crippen LogP contribution is -2.51. The number of alkyl halides is 3. The number of urea groups is 1. The normalized spacial score (nSPS) is 12.0. The van der Waals surface area contributed by atoms with Gasteiger partial charge in [0.25, 0.3) is 0 Å². The van der Waals surface area contributed by atoms with Gasteiger partial charge in [0.1, 0.15) is 11.5 Å². The predicted molar refractivity (Wildman–Crippen MR) is 140 cm³/mol. The summed E-state index contributed by atoms with van der Waals surface area (Å²) >= 11 is 0. The van der Waals surface area contributed by atoms with Gasteiger partial charge < -0.3 is 14.2 Å². The van der Waals surface area contributed by atoms with Crippen LogP contribution in [0.4, 0.5) is 23.7 Å². The van der Waals surface area contributed by atoms with Crippen LogP contribution in [-0.4, -0.2) is 47.4 Å². The molecule has 0 aliphatic rings. The third-order valence-electron chi connectivity index (χ3n) is 5.56. The second kappa shape index (κ2) is 12.0. The first kappa shape index (κ1) is 31.5. The molecule has 3 amide bonds. The van der Waals surface area contributed by atoms with Gasteiger partial charge in [0.2, 0.25) is 6.41 Å². The Morgan fingerprint density at radius 2 is 1.46 bits per heavy atom. The van der Waals surface area contributed by atoms with Gasteiger partial charge in [-0.3, -0.25) is 14.6 Å². The minimum Gasteiger partial charge on any atom is -0.476 e. The molecule has 2 aromatic carbocycles. The highest BCUT2D eigenvalue weighted by Crippen LogP contribution is 2.32. The number of esters is 1. The molecule has 0 saturated heterocycles. The first-order chi connectivity index (χ1) is 17.9. The summed E-state index contributed by atoms with van der Waals surface area (Å²) in [6.07, 6.45) is -4.44. The standard InChI is InChI=1S/C28H35F3N2O6/c1-9-37-24(35)27(7,8)39-23-18(2)14-20(15-19(23)3)16-32(17-34)25(36)33(26(4,5)6)21-10-12-22(13-11-21)38-28(29,30)31/h10-15,17H,9,16H2,1-8H3. The Balaban J connectivity index is 2.33. The van der Waals surface area contributed by atoms with Gasteiger partial charge >= 0.3 is 18.4 Å². The molecule has 0 aromatic heterocycles. The average Bonchev–Trinajstić information content (AvgIpc) is 2.79. The molecular weight excluding hydrogens is 517 g/mol. The minimum absolute atomic E-state index is 0.0760. The van der Waals surface area contributed by atoms with Crippen LogP contribution in [0, 0.1) is 13.8 Å². The first-order valence-corrected chi connectivity index (χ1v) is 12.3. The van der Waals surface area contributed by atoms with Crippen LogP contribution in [0.5, 0.6) is 11.5 Å². The summed E-state index contributed by atoms with van der Waals surface area (Å²) in [6, 6.07) is 7.67. The number of carbonyl (C=O) groups is 3. The molecule has 0 aliphatic heterocycles. The van der Waals surface area contributed by atoms with E-state index in [1.807, 2.05) is 0 Å². The second-order valence-corrected chi connectivity index (χ2v) is 10.5. The molecule has 11 heteroatoms. The topological polar surface area (TPSA) is 85.4 Å². The van der Waals surface area contributed by atoms with Gasteiger partial charge in [0.15, 0.2) is 5.60 Å². The number of hydrogen-bond donors (Lipinski definition) is 0. The van der Waals surface area contributed by atoms with Crippen molar-refractivity contribution < 1.29 is 41.8 Å². The van der Waals surface area contributed by atoms with E-state index in [0.29, 0.717) is 28.8 Å². The average molecular weight is 553 g/mol. The third-order valence-corrected chi connectivity index (χ3v) is 5.56. The molecule has 214 valence electrons. The zero-order chi connectivity index (χ0) is 29.8. The Morgan fingerprint density at radius 3 is 1.90 bits per heavy atom. The van der Waals surface area contributed by atoms with E-state index in [1.54, 1.807) is 67.5 Å². The molecule has 2 aromatic rings. The summed E-state index contributed by atoms with van der Waals surface area (Å²) in [5.41, 5.74) is 0.238. The van der Waals surface area contributed by atoms with Crippen LogP contribution < -0.4 is 14.4 Å². The van der Waals surface area contributed by atoms with Crippen LogP contribution in [0.1, 0.15) is 58.2 Å². The van der Waals surface area contributed by atoms with Crippen molar-refractivity contribution in [2.75, 3.05) is 11.5 Å². The number of amides is 3. The molecule has 8 nitrogen and oxygen atoms in total. The van der Waals surface area contributed by atoms with Crippen molar-refractivity contribution >= 4 is 24.1 Å². The van der Waals surface area contributed by atoms with Gasteiger partial charge in [-0.15, -0.1) is 13.2 Å². The second-order valence-electron chi connectivity index (χ2n) is 10.5. The summed E-state index contributed by atoms with van der Waals surface area (Å²) in [5, 5.41) is 0. The van der Waals surface area contributed by atoms with E-state index >= 15 is 0 Å². The van der Waals surface area contributed by atoms with Crippen molar-refractivity contribution in [3.8, 4) is 11.5 Å². The van der Waals surface area contributed by atoms with E-state index in [-0.39, 0.29) is 18.8 Å². The van der Waals surface area contributed by atoms with E-state index in [2.05, 4.69) is 4.74 Å². The van der Waals surface area contributed by atoms with Crippen molar-refractivity contribution in [2.24, 2.45) is 0 Å². The Labute approximate surface area is 226 Å². The van der Waals surface area contributed by atoms with E-state index < -0.39 is 35.3 Å². The zero-order valence-corrected chi connectivity index (χ0v) is 23.4. The van der Waals surface area contributed by atoms with Crippen molar-refractivity contribution in [1.29, 1.82) is 0 Å². The molecule has 0 radical (unpaired) electrons. The molecule has 0 bridgehead atoms. The highest BCUT2D eigenvalue weighted by atomic mass is 19.4. The molecule has 0 saturated carbocycles. The van der Waals surface area contributed by atoms with Crippen molar-refractivity contribution in [2.45, 2.75) is 79.4 Å². The van der Waals surface area contributed by atoms with Crippen LogP contribution in [0.15, 0.2) is 36.4 Å². The smallest absolute Gasteiger partial charge is 0.476 e. The zero-order valence-electron chi connectivity index (χ0n) is 23.4. The Hall–Kier alpha value is -3.76. The number of rotatable bonds is 9. The summed E-state index contributed by atoms with van der Waals surface area (Å²) in [7, 11) is 0. The molecule has 0 aliphatic carbocycles. The fourth-order valence-electron chi connectivity index (χ4n) is 3.95. The highest BCUT2D eigenvalue weighted by molar-refractivity contribution is 5.98. The van der Waals surface area contributed by atoms with Gasteiger partial charge in [0, 0.05) is 11.2 Å². The highest BCUT2D eigenvalue weighted by Gasteiger charge is 2.35. The summed E-state index contributed by atoms with van der Waals surface area (Å²) < 4.78 is 52.6. The van der Waals surface area contributed by atoms with Crippen LogP contribution in [0.2, 0.25) is 0 Å². The number of anilines is 1. The lowest BCUT2D eigenvalue weighted by atomic mass is 10.0. The first-order valence-electron chi connectivity index (χ1n) is 12.3. The monoisotopic (exact) mass is 552 g/mol. The van der Waals surface area contributed by atoms with E-state index in [9.17, 15) is 27.6 Å². The fraction of sp³-hybridized carbons (Fsp3) is 0.464. The number of nitrogens with zero attached hydrogens (tertiary/aromatic N) is 2. The molecule has 0 N–H and O–H groups in total. The number of benzene rings is 2. The van der Waals surface area contributed by atoms with Crippen LogP contribution in [-0.2, 0) is 20.9 Å². The lowest BCUT2D eigenvalue weighted by molar-refractivity contribution is -0.274. The van der Waals surface area contributed by atoms with Gasteiger partial charge in [0.05, 0.1) is 13.2 Å². The maximum atomic E-state index is 13.5. The van der Waals surface area contributed by atoms with E-state index in [0.717, 1.165) is 17.0 Å². The van der Waals surface area contributed by atoms with Gasteiger partial charge in [-0.1, -0.05) is 12.1 Å². The maximum Gasteiger partial charge on any atom is 0.573 e. The number of ether oxygens (including phenoxy) is 3. The maximum absolute atomic E-state index is 13.5. The largest absolute Gasteiger partial charge is 0.573 e. The summed E-state index contributed by atoms with van der Waals surface area (Å²) in [5.74, 6) is -0.455. The molecule has 2 rings (SSSR count). The molecular formula is C28H35F3N2O6. The summed E-state index contributed by atoms with van der Waals surface area (Å²) in [6.45, 7) is 13.8. The quantitative estimate of drug-likeness (QED) is 0.268. The number of aryl methyl sites for hydroxylation is 2. The van der Waals surface area contributed by atoms with E-state index in [1.165, 1.54) is 17.0 Å². The number of halogens is 3. The number of imide groups is 1. The van der Waals surface area contributed by atoms with E-state index in [4.69, 9.17) is 9.47 Å². The third kappa shape index (κ3) is 8.36. The van der Waals surface area contributed by atoms with Crippen molar-refractivity contribution in [3.05, 3.63) is 53.1 Å². The Morgan fingerprint density at radius 1 is 0.923 bits per heavy atom. The number of hydrogen-bond acceptors (Lipinski definition) is 6. The van der Waals surface area contributed by atoms with Gasteiger partial charge in [-0.25, -0.2) is 9.59 Å². The van der Waals surface area contributed by atoms with Crippen LogP contribution in [0.25, 0.3) is 0 Å². The van der Waals surface area contributed by atoms with Crippen LogP contribution in [0.3, 0.4) is 0 Å². The molecule has 0 unspecified atom stereocenters. The Bertz CT molecular complexity index is 1160. The molecule has 0 heterocycles. The molecule has 0 fully saturated rings. The Kier molecular flexibility index (Phi) is 9.65. The summed E-state index contributed by atoms with van der Waals surface area (Å²) in [4.78, 5) is 40.1. The number of carbonyl (C=O) groups excluding carboxylic acids is 3. The van der Waals surface area contributed by atoms with Crippen molar-refractivity contribution in [3.63, 3.8) is 0 Å². The van der Waals surface area contributed by atoms with Gasteiger partial charge in [-0.2, -0.15) is 0 Å². The predicted octanol–water partition coefficient (Wildman–Crippen LogP) is 6.31. The SMILES string of the molecule is CCOC(=O)C(C)(C)Oc1c(C)cc(CN(C=O)C(=O)N(c2ccc(OC(F)(F)F)cc2)C(C)(C)C)cc1C. The molecule has 39 heavy (non-hydrogen) atoms. The minimum atomic E-state index is -4.85. The van der Waals surface area contributed by atoms with Crippen LogP contribution >= 0.6 is 0 Å². The lowest BCUT2D eigenvalue weighted by Gasteiger charge is -2.38.